The Hall–Kier alpha value is -0.160. The molecule has 2 heterocycles. The largest absolute Gasteiger partial charge is 0.375 e. The third-order valence-corrected chi connectivity index (χ3v) is 4.76. The number of hydrogen-bond acceptors (Lipinski definition) is 4. The first-order valence-corrected chi connectivity index (χ1v) is 7.72. The van der Waals surface area contributed by atoms with Gasteiger partial charge in [0.15, 0.2) is 0 Å². The van der Waals surface area contributed by atoms with Crippen LogP contribution >= 0.6 is 0 Å². The van der Waals surface area contributed by atoms with Gasteiger partial charge in [-0.3, -0.25) is 9.80 Å². The Bertz CT molecular complexity index is 253. The monoisotopic (exact) mass is 253 g/mol. The molecule has 2 unspecified atom stereocenters. The zero-order chi connectivity index (χ0) is 12.2. The highest BCUT2D eigenvalue weighted by molar-refractivity contribution is 4.87. The first-order chi connectivity index (χ1) is 8.93. The molecule has 1 aliphatic carbocycles. The minimum absolute atomic E-state index is 0.538. The molecule has 0 aromatic rings. The van der Waals surface area contributed by atoms with Crippen molar-refractivity contribution in [1.82, 2.24) is 15.1 Å². The molecule has 18 heavy (non-hydrogen) atoms. The van der Waals surface area contributed by atoms with Gasteiger partial charge >= 0.3 is 0 Å². The molecule has 4 heteroatoms. The first kappa shape index (κ1) is 12.9. The maximum absolute atomic E-state index is 5.94. The lowest BCUT2D eigenvalue weighted by atomic mass is 9.90. The number of nitrogens with one attached hydrogen (secondary N) is 1. The summed E-state index contributed by atoms with van der Waals surface area (Å²) in [5.74, 6) is 0. The molecule has 1 N–H and O–H groups in total. The molecule has 1 saturated carbocycles. The van der Waals surface area contributed by atoms with E-state index in [-0.39, 0.29) is 0 Å². The average Bonchev–Trinajstić information content (AvgIpc) is 2.46. The molecule has 0 aromatic heterocycles. The van der Waals surface area contributed by atoms with E-state index < -0.39 is 0 Å². The second-order valence-corrected chi connectivity index (χ2v) is 5.89. The van der Waals surface area contributed by atoms with Crippen molar-refractivity contribution in [2.45, 2.75) is 37.8 Å². The van der Waals surface area contributed by atoms with Crippen LogP contribution in [0.1, 0.15) is 25.7 Å². The summed E-state index contributed by atoms with van der Waals surface area (Å²) in [6, 6.07) is 0.718. The molecule has 0 bridgehead atoms. The van der Waals surface area contributed by atoms with Crippen molar-refractivity contribution in [3.05, 3.63) is 0 Å². The van der Waals surface area contributed by atoms with Crippen LogP contribution in [-0.2, 0) is 4.74 Å². The Morgan fingerprint density at radius 1 is 1.00 bits per heavy atom. The van der Waals surface area contributed by atoms with E-state index in [1.807, 2.05) is 0 Å². The van der Waals surface area contributed by atoms with Crippen LogP contribution in [0.4, 0.5) is 0 Å². The third kappa shape index (κ3) is 3.05. The third-order valence-electron chi connectivity index (χ3n) is 4.76. The number of hydrogen-bond donors (Lipinski definition) is 1. The van der Waals surface area contributed by atoms with E-state index in [2.05, 4.69) is 15.1 Å². The summed E-state index contributed by atoms with van der Waals surface area (Å²) in [7, 11) is 0. The number of nitrogens with zero attached hydrogens (tertiary/aromatic N) is 2. The van der Waals surface area contributed by atoms with Crippen LogP contribution in [0.3, 0.4) is 0 Å². The van der Waals surface area contributed by atoms with Crippen LogP contribution in [0, 0.1) is 0 Å². The molecule has 2 saturated heterocycles. The van der Waals surface area contributed by atoms with Crippen molar-refractivity contribution in [2.24, 2.45) is 0 Å². The highest BCUT2D eigenvalue weighted by Gasteiger charge is 2.33. The molecule has 2 atom stereocenters. The number of ether oxygens (including phenoxy) is 1. The molecule has 104 valence electrons. The van der Waals surface area contributed by atoms with Crippen LogP contribution in [0.2, 0.25) is 0 Å². The molecule has 0 radical (unpaired) electrons. The van der Waals surface area contributed by atoms with E-state index in [1.54, 1.807) is 0 Å². The fourth-order valence-corrected chi connectivity index (χ4v) is 3.66. The van der Waals surface area contributed by atoms with Gasteiger partial charge in [0.1, 0.15) is 0 Å². The molecule has 4 nitrogen and oxygen atoms in total. The predicted molar refractivity (Wildman–Crippen MR) is 72.9 cm³/mol. The smallest absolute Gasteiger partial charge is 0.0730 e. The fraction of sp³-hybridized carbons (Fsp3) is 1.00. The van der Waals surface area contributed by atoms with Crippen molar-refractivity contribution in [3.63, 3.8) is 0 Å². The molecule has 3 rings (SSSR count). The van der Waals surface area contributed by atoms with Crippen molar-refractivity contribution >= 4 is 0 Å². The molecule has 2 aliphatic heterocycles. The fourth-order valence-electron chi connectivity index (χ4n) is 3.66. The van der Waals surface area contributed by atoms with E-state index in [4.69, 9.17) is 4.74 Å². The summed E-state index contributed by atoms with van der Waals surface area (Å²) in [4.78, 5) is 5.30. The molecule has 3 fully saturated rings. The molecule has 0 amide bonds. The van der Waals surface area contributed by atoms with Crippen molar-refractivity contribution in [2.75, 3.05) is 52.4 Å². The normalized spacial score (nSPS) is 35.3. The minimum Gasteiger partial charge on any atom is -0.375 e. The molecular formula is C14H27N3O. The van der Waals surface area contributed by atoms with Crippen LogP contribution < -0.4 is 5.32 Å². The SMILES string of the molecule is C1CCC2C(C1)OCCN2CCN1CCNCC1. The van der Waals surface area contributed by atoms with Crippen molar-refractivity contribution in [3.8, 4) is 0 Å². The molecule has 3 aliphatic rings. The van der Waals surface area contributed by atoms with Crippen LogP contribution in [0.15, 0.2) is 0 Å². The molecular weight excluding hydrogens is 226 g/mol. The van der Waals surface area contributed by atoms with Gasteiger partial charge in [-0.25, -0.2) is 0 Å². The summed E-state index contributed by atoms with van der Waals surface area (Å²) in [6.45, 7) is 9.34. The Morgan fingerprint density at radius 3 is 2.72 bits per heavy atom. The highest BCUT2D eigenvalue weighted by atomic mass is 16.5. The van der Waals surface area contributed by atoms with E-state index >= 15 is 0 Å². The summed E-state index contributed by atoms with van der Waals surface area (Å²) in [5.41, 5.74) is 0. The lowest BCUT2D eigenvalue weighted by Gasteiger charge is -2.44. The Kier molecular flexibility index (Phi) is 4.52. The van der Waals surface area contributed by atoms with Gasteiger partial charge in [0.25, 0.3) is 0 Å². The average molecular weight is 253 g/mol. The van der Waals surface area contributed by atoms with Gasteiger partial charge in [-0.15, -0.1) is 0 Å². The zero-order valence-electron chi connectivity index (χ0n) is 11.4. The second-order valence-electron chi connectivity index (χ2n) is 5.89. The minimum atomic E-state index is 0.538. The van der Waals surface area contributed by atoms with Crippen LogP contribution in [-0.4, -0.2) is 74.4 Å². The van der Waals surface area contributed by atoms with Gasteiger partial charge in [-0.05, 0) is 12.8 Å². The van der Waals surface area contributed by atoms with Gasteiger partial charge in [0.05, 0.1) is 12.7 Å². The van der Waals surface area contributed by atoms with Crippen LogP contribution in [0.5, 0.6) is 0 Å². The maximum atomic E-state index is 5.94. The Morgan fingerprint density at radius 2 is 1.83 bits per heavy atom. The molecule has 0 spiro atoms. The lowest BCUT2D eigenvalue weighted by molar-refractivity contribution is -0.0896. The van der Waals surface area contributed by atoms with E-state index in [1.165, 1.54) is 51.9 Å². The standard InChI is InChI=1S/C14H27N3O/c1-2-4-14-13(3-1)17(11-12-18-14)10-9-16-7-5-15-6-8-16/h13-15H,1-12H2. The highest BCUT2D eigenvalue weighted by Crippen LogP contribution is 2.28. The summed E-state index contributed by atoms with van der Waals surface area (Å²) in [5, 5.41) is 3.42. The summed E-state index contributed by atoms with van der Waals surface area (Å²) in [6.07, 6.45) is 5.94. The van der Waals surface area contributed by atoms with E-state index in [0.29, 0.717) is 6.10 Å². The maximum Gasteiger partial charge on any atom is 0.0730 e. The summed E-state index contributed by atoms with van der Waals surface area (Å²) >= 11 is 0. The number of rotatable bonds is 3. The lowest BCUT2D eigenvalue weighted by Crippen LogP contribution is -2.55. The van der Waals surface area contributed by atoms with Gasteiger partial charge in [-0.2, -0.15) is 0 Å². The van der Waals surface area contributed by atoms with E-state index in [9.17, 15) is 0 Å². The quantitative estimate of drug-likeness (QED) is 0.794. The van der Waals surface area contributed by atoms with Crippen molar-refractivity contribution in [1.29, 1.82) is 0 Å². The predicted octanol–water partition coefficient (Wildman–Crippen LogP) is 0.535. The zero-order valence-corrected chi connectivity index (χ0v) is 11.4. The number of fused-ring (bicyclic) bond motifs is 1. The number of piperazine rings is 1. The first-order valence-electron chi connectivity index (χ1n) is 7.72. The van der Waals surface area contributed by atoms with Crippen LogP contribution in [0.25, 0.3) is 0 Å². The van der Waals surface area contributed by atoms with Gasteiger partial charge < -0.3 is 10.1 Å². The number of morpholine rings is 1. The Labute approximate surface area is 111 Å². The van der Waals surface area contributed by atoms with E-state index in [0.717, 1.165) is 32.3 Å². The second kappa shape index (κ2) is 6.33. The topological polar surface area (TPSA) is 27.7 Å². The van der Waals surface area contributed by atoms with Gasteiger partial charge in [0, 0.05) is 51.9 Å². The van der Waals surface area contributed by atoms with Gasteiger partial charge in [0.2, 0.25) is 0 Å². The van der Waals surface area contributed by atoms with Crippen molar-refractivity contribution < 1.29 is 4.74 Å². The molecule has 0 aromatic carbocycles. The Balaban J connectivity index is 1.48. The van der Waals surface area contributed by atoms with Gasteiger partial charge in [-0.1, -0.05) is 12.8 Å². The summed E-state index contributed by atoms with van der Waals surface area (Å²) < 4.78 is 5.94.